The van der Waals surface area contributed by atoms with Gasteiger partial charge in [-0.15, -0.1) is 0 Å². The van der Waals surface area contributed by atoms with Crippen LogP contribution in [0, 0.1) is 0 Å². The highest BCUT2D eigenvalue weighted by molar-refractivity contribution is 7.80. The first-order valence-corrected chi connectivity index (χ1v) is 10.8. The molecule has 0 unspecified atom stereocenters. The number of carbonyl (C=O) groups excluding carboxylic acids is 2. The van der Waals surface area contributed by atoms with Gasteiger partial charge in [0.05, 0.1) is 12.8 Å². The molecule has 1 saturated heterocycles. The molecule has 6 nitrogen and oxygen atoms in total. The molecule has 2 amide bonds. The molecule has 4 rings (SSSR count). The van der Waals surface area contributed by atoms with Gasteiger partial charge in [-0.1, -0.05) is 48.0 Å². The van der Waals surface area contributed by atoms with Gasteiger partial charge in [0.25, 0.3) is 11.8 Å². The summed E-state index contributed by atoms with van der Waals surface area (Å²) in [6.07, 6.45) is 1.50. The molecule has 8 heteroatoms. The number of anilines is 1. The van der Waals surface area contributed by atoms with E-state index in [0.717, 1.165) is 5.56 Å². The van der Waals surface area contributed by atoms with Crippen molar-refractivity contribution < 1.29 is 19.1 Å². The van der Waals surface area contributed by atoms with E-state index in [-0.39, 0.29) is 10.7 Å². The van der Waals surface area contributed by atoms with Crippen LogP contribution in [0.1, 0.15) is 11.1 Å². The molecule has 1 heterocycles. The van der Waals surface area contributed by atoms with Gasteiger partial charge in [0.2, 0.25) is 0 Å². The molecule has 3 aromatic rings. The van der Waals surface area contributed by atoms with Gasteiger partial charge >= 0.3 is 0 Å². The second-order valence-electron chi connectivity index (χ2n) is 7.12. The van der Waals surface area contributed by atoms with Crippen molar-refractivity contribution in [1.29, 1.82) is 0 Å². The zero-order chi connectivity index (χ0) is 23.4. The summed E-state index contributed by atoms with van der Waals surface area (Å²) in [5.74, 6) is -0.0604. The Kier molecular flexibility index (Phi) is 6.72. The van der Waals surface area contributed by atoms with Crippen LogP contribution in [-0.4, -0.2) is 24.0 Å². The number of hydrogen-bond acceptors (Lipinski definition) is 5. The fourth-order valence-electron chi connectivity index (χ4n) is 3.27. The number of methoxy groups -OCH3 is 1. The Hall–Kier alpha value is -3.68. The number of halogens is 1. The lowest BCUT2D eigenvalue weighted by Crippen LogP contribution is -2.54. The Bertz CT molecular complexity index is 1240. The number of nitrogens with one attached hydrogen (secondary N) is 1. The summed E-state index contributed by atoms with van der Waals surface area (Å²) in [5, 5.41) is 3.27. The molecule has 0 saturated carbocycles. The Morgan fingerprint density at radius 3 is 2.42 bits per heavy atom. The van der Waals surface area contributed by atoms with Crippen molar-refractivity contribution in [2.75, 3.05) is 12.0 Å². The minimum atomic E-state index is -0.556. The third-order valence-corrected chi connectivity index (χ3v) is 5.46. The fourth-order valence-corrected chi connectivity index (χ4v) is 3.68. The van der Waals surface area contributed by atoms with E-state index < -0.39 is 11.8 Å². The van der Waals surface area contributed by atoms with Crippen molar-refractivity contribution in [3.63, 3.8) is 0 Å². The monoisotopic (exact) mass is 478 g/mol. The fraction of sp³-hybridized carbons (Fsp3) is 0.0800. The standard InChI is InChI=1S/C25H19ClN2O4S/c1-31-22-14-17(9-12-21(22)32-15-16-7-10-18(26)11-8-16)13-20-23(29)27-25(33)28(24(20)30)19-5-3-2-4-6-19/h2-14H,15H2,1H3,(H,27,29,33)/b20-13-. The first kappa shape index (κ1) is 22.5. The van der Waals surface area contributed by atoms with Crippen molar-refractivity contribution in [3.05, 3.63) is 94.5 Å². The van der Waals surface area contributed by atoms with Gasteiger partial charge in [-0.2, -0.15) is 0 Å². The van der Waals surface area contributed by atoms with Gasteiger partial charge in [-0.3, -0.25) is 19.8 Å². The van der Waals surface area contributed by atoms with E-state index in [1.165, 1.54) is 18.1 Å². The van der Waals surface area contributed by atoms with Crippen molar-refractivity contribution in [2.24, 2.45) is 0 Å². The summed E-state index contributed by atoms with van der Waals surface area (Å²) in [6.45, 7) is 0.332. The number of nitrogens with zero attached hydrogens (tertiary/aromatic N) is 1. The number of ether oxygens (including phenoxy) is 2. The highest BCUT2D eigenvalue weighted by Crippen LogP contribution is 2.30. The lowest BCUT2D eigenvalue weighted by molar-refractivity contribution is -0.122. The zero-order valence-electron chi connectivity index (χ0n) is 17.6. The smallest absolute Gasteiger partial charge is 0.270 e. The summed E-state index contributed by atoms with van der Waals surface area (Å²) >= 11 is 11.1. The minimum Gasteiger partial charge on any atom is -0.493 e. The second-order valence-corrected chi connectivity index (χ2v) is 7.94. The average Bonchev–Trinajstić information content (AvgIpc) is 2.82. The quantitative estimate of drug-likeness (QED) is 0.314. The molecule has 1 fully saturated rings. The maximum atomic E-state index is 13.1. The van der Waals surface area contributed by atoms with E-state index in [1.807, 2.05) is 18.2 Å². The Morgan fingerprint density at radius 2 is 1.73 bits per heavy atom. The van der Waals surface area contributed by atoms with E-state index in [1.54, 1.807) is 54.6 Å². The van der Waals surface area contributed by atoms with Crippen LogP contribution < -0.4 is 19.7 Å². The molecule has 0 radical (unpaired) electrons. The normalized spacial score (nSPS) is 14.9. The molecular weight excluding hydrogens is 460 g/mol. The number of thiocarbonyl (C=S) groups is 1. The van der Waals surface area contributed by atoms with Crippen LogP contribution in [0.2, 0.25) is 5.02 Å². The molecule has 33 heavy (non-hydrogen) atoms. The molecule has 1 aliphatic heterocycles. The molecule has 0 atom stereocenters. The third kappa shape index (κ3) is 5.05. The average molecular weight is 479 g/mol. The van der Waals surface area contributed by atoms with Crippen molar-refractivity contribution in [1.82, 2.24) is 5.32 Å². The van der Waals surface area contributed by atoms with E-state index >= 15 is 0 Å². The van der Waals surface area contributed by atoms with E-state index in [9.17, 15) is 9.59 Å². The Morgan fingerprint density at radius 1 is 1.00 bits per heavy atom. The lowest BCUT2D eigenvalue weighted by Gasteiger charge is -2.28. The number of carbonyl (C=O) groups is 2. The molecule has 0 bridgehead atoms. The van der Waals surface area contributed by atoms with E-state index in [4.69, 9.17) is 33.3 Å². The maximum Gasteiger partial charge on any atom is 0.270 e. The molecule has 3 aromatic carbocycles. The summed E-state index contributed by atoms with van der Waals surface area (Å²) < 4.78 is 11.3. The Balaban J connectivity index is 1.58. The highest BCUT2D eigenvalue weighted by Gasteiger charge is 2.34. The predicted octanol–water partition coefficient (Wildman–Crippen LogP) is 4.76. The van der Waals surface area contributed by atoms with E-state index in [0.29, 0.717) is 34.4 Å². The molecule has 1 aliphatic rings. The number of hydrogen-bond donors (Lipinski definition) is 1. The summed E-state index contributed by atoms with van der Waals surface area (Å²) in [6, 6.07) is 21.4. The number of para-hydroxylation sites is 1. The van der Waals surface area contributed by atoms with Gasteiger partial charge < -0.3 is 9.47 Å². The number of benzene rings is 3. The van der Waals surface area contributed by atoms with Crippen LogP contribution in [0.5, 0.6) is 11.5 Å². The summed E-state index contributed by atoms with van der Waals surface area (Å²) in [7, 11) is 1.52. The molecule has 1 N–H and O–H groups in total. The van der Waals surface area contributed by atoms with Crippen LogP contribution in [0.3, 0.4) is 0 Å². The first-order chi connectivity index (χ1) is 16.0. The van der Waals surface area contributed by atoms with Crippen molar-refractivity contribution in [3.8, 4) is 11.5 Å². The second kappa shape index (κ2) is 9.85. The van der Waals surface area contributed by atoms with Crippen LogP contribution in [0.25, 0.3) is 6.08 Å². The topological polar surface area (TPSA) is 67.9 Å². The van der Waals surface area contributed by atoms with Gasteiger partial charge in [0, 0.05) is 5.02 Å². The largest absolute Gasteiger partial charge is 0.493 e. The van der Waals surface area contributed by atoms with Crippen molar-refractivity contribution in [2.45, 2.75) is 6.61 Å². The van der Waals surface area contributed by atoms with Crippen molar-refractivity contribution >= 4 is 52.5 Å². The minimum absolute atomic E-state index is 0.0376. The first-order valence-electron chi connectivity index (χ1n) is 9.98. The highest BCUT2D eigenvalue weighted by atomic mass is 35.5. The van der Waals surface area contributed by atoms with Gasteiger partial charge in [0.1, 0.15) is 12.2 Å². The molecule has 0 spiro atoms. The SMILES string of the molecule is COc1cc(/C=C2/C(=O)NC(=S)N(c3ccccc3)C2=O)ccc1OCc1ccc(Cl)cc1. The molecular formula is C25H19ClN2O4S. The van der Waals surface area contributed by atoms with E-state index in [2.05, 4.69) is 5.32 Å². The predicted molar refractivity (Wildman–Crippen MR) is 131 cm³/mol. The van der Waals surface area contributed by atoms with Crippen LogP contribution in [0.15, 0.2) is 78.4 Å². The molecule has 166 valence electrons. The van der Waals surface area contributed by atoms with Gasteiger partial charge in [0.15, 0.2) is 16.6 Å². The number of rotatable bonds is 6. The van der Waals surface area contributed by atoms with Gasteiger partial charge in [-0.25, -0.2) is 0 Å². The van der Waals surface area contributed by atoms with Crippen LogP contribution in [0.4, 0.5) is 5.69 Å². The zero-order valence-corrected chi connectivity index (χ0v) is 19.2. The van der Waals surface area contributed by atoms with Crippen LogP contribution >= 0.6 is 23.8 Å². The summed E-state index contributed by atoms with van der Waals surface area (Å²) in [5.41, 5.74) is 2.09. The lowest BCUT2D eigenvalue weighted by atomic mass is 10.1. The van der Waals surface area contributed by atoms with Crippen LogP contribution in [-0.2, 0) is 16.2 Å². The molecule has 0 aromatic heterocycles. The summed E-state index contributed by atoms with van der Waals surface area (Å²) in [4.78, 5) is 26.9. The van der Waals surface area contributed by atoms with Gasteiger partial charge in [-0.05, 0) is 65.8 Å². The maximum absolute atomic E-state index is 13.1. The number of amides is 2. The third-order valence-electron chi connectivity index (χ3n) is 4.92. The molecule has 0 aliphatic carbocycles. The Labute approximate surface area is 201 Å².